The van der Waals surface area contributed by atoms with Crippen molar-refractivity contribution in [2.24, 2.45) is 0 Å². The summed E-state index contributed by atoms with van der Waals surface area (Å²) < 4.78 is 5.24. The molecule has 0 bridgehead atoms. The van der Waals surface area contributed by atoms with Crippen LogP contribution in [0.5, 0.6) is 0 Å². The molecule has 0 aromatic carbocycles. The summed E-state index contributed by atoms with van der Waals surface area (Å²) in [5.74, 6) is 0.00904. The average molecular weight is 319 g/mol. The Morgan fingerprint density at radius 3 is 2.83 bits per heavy atom. The quantitative estimate of drug-likeness (QED) is 0.843. The van der Waals surface area contributed by atoms with E-state index in [4.69, 9.17) is 4.74 Å². The molecule has 126 valence electrons. The molecule has 6 heteroatoms. The number of ketones is 1. The second-order valence-electron chi connectivity index (χ2n) is 6.79. The van der Waals surface area contributed by atoms with Crippen LogP contribution < -0.4 is 5.32 Å². The Hall–Kier alpha value is -1.95. The molecule has 0 aliphatic carbocycles. The molecule has 1 saturated heterocycles. The third-order valence-electron chi connectivity index (χ3n) is 3.68. The first-order valence-corrected chi connectivity index (χ1v) is 8.00. The minimum atomic E-state index is -0.506. The number of nitrogens with zero attached hydrogens (tertiary/aromatic N) is 2. The first-order valence-electron chi connectivity index (χ1n) is 8.00. The Kier molecular flexibility index (Phi) is 5.71. The summed E-state index contributed by atoms with van der Waals surface area (Å²) in [5, 5.41) is 2.79. The molecule has 0 saturated carbocycles. The lowest BCUT2D eigenvalue weighted by atomic mass is 10.2. The van der Waals surface area contributed by atoms with Gasteiger partial charge in [-0.3, -0.25) is 14.7 Å². The summed E-state index contributed by atoms with van der Waals surface area (Å²) in [6.45, 7) is 7.18. The van der Waals surface area contributed by atoms with Crippen molar-refractivity contribution >= 4 is 11.9 Å². The van der Waals surface area contributed by atoms with Gasteiger partial charge in [0.05, 0.1) is 6.54 Å². The van der Waals surface area contributed by atoms with Gasteiger partial charge in [0.25, 0.3) is 0 Å². The van der Waals surface area contributed by atoms with E-state index in [-0.39, 0.29) is 11.8 Å². The summed E-state index contributed by atoms with van der Waals surface area (Å²) in [4.78, 5) is 30.2. The fraction of sp³-hybridized carbons (Fsp3) is 0.588. The van der Waals surface area contributed by atoms with Crippen molar-refractivity contribution in [1.82, 2.24) is 15.2 Å². The first-order chi connectivity index (χ1) is 10.8. The molecular formula is C17H25N3O3. The first kappa shape index (κ1) is 17.4. The highest BCUT2D eigenvalue weighted by molar-refractivity contribution is 5.95. The van der Waals surface area contributed by atoms with E-state index in [9.17, 15) is 9.59 Å². The molecule has 0 unspecified atom stereocenters. The molecule has 1 atom stereocenters. The van der Waals surface area contributed by atoms with Crippen LogP contribution in [-0.2, 0) is 4.74 Å². The van der Waals surface area contributed by atoms with Crippen LogP contribution in [0.1, 0.15) is 44.1 Å². The highest BCUT2D eigenvalue weighted by atomic mass is 16.6. The summed E-state index contributed by atoms with van der Waals surface area (Å²) in [6.07, 6.45) is 3.20. The minimum absolute atomic E-state index is 0.00904. The summed E-state index contributed by atoms with van der Waals surface area (Å²) in [6, 6.07) is 5.49. The van der Waals surface area contributed by atoms with Gasteiger partial charge in [-0.25, -0.2) is 4.79 Å². The van der Waals surface area contributed by atoms with Gasteiger partial charge in [0, 0.05) is 18.8 Å². The molecule has 1 aromatic heterocycles. The minimum Gasteiger partial charge on any atom is -0.444 e. The van der Waals surface area contributed by atoms with Gasteiger partial charge in [-0.05, 0) is 52.3 Å². The largest absolute Gasteiger partial charge is 0.444 e. The Morgan fingerprint density at radius 2 is 2.17 bits per heavy atom. The summed E-state index contributed by atoms with van der Waals surface area (Å²) >= 11 is 0. The van der Waals surface area contributed by atoms with Gasteiger partial charge < -0.3 is 10.1 Å². The normalized spacial score (nSPS) is 18.7. The number of aromatic nitrogens is 1. The Labute approximate surface area is 137 Å². The molecule has 0 spiro atoms. The number of amides is 1. The number of hydrogen-bond donors (Lipinski definition) is 1. The van der Waals surface area contributed by atoms with Gasteiger partial charge in [-0.1, -0.05) is 6.07 Å². The molecule has 1 N–H and O–H groups in total. The highest BCUT2D eigenvalue weighted by Crippen LogP contribution is 2.17. The average Bonchev–Trinajstić information content (AvgIpc) is 2.91. The third kappa shape index (κ3) is 5.63. The summed E-state index contributed by atoms with van der Waals surface area (Å²) in [7, 11) is 0. The molecule has 0 radical (unpaired) electrons. The highest BCUT2D eigenvalue weighted by Gasteiger charge is 2.27. The number of rotatable bonds is 5. The topological polar surface area (TPSA) is 71.5 Å². The van der Waals surface area contributed by atoms with Gasteiger partial charge >= 0.3 is 6.09 Å². The van der Waals surface area contributed by atoms with Crippen molar-refractivity contribution in [3.8, 4) is 0 Å². The molecule has 6 nitrogen and oxygen atoms in total. The van der Waals surface area contributed by atoms with E-state index < -0.39 is 11.7 Å². The number of carbonyl (C=O) groups is 2. The fourth-order valence-electron chi connectivity index (χ4n) is 2.64. The zero-order chi connectivity index (χ0) is 16.9. The number of carbonyl (C=O) groups excluding carboxylic acids is 2. The molecule has 1 fully saturated rings. The maximum atomic E-state index is 12.3. The molecule has 1 aromatic rings. The van der Waals surface area contributed by atoms with Crippen LogP contribution in [0.3, 0.4) is 0 Å². The second-order valence-corrected chi connectivity index (χ2v) is 6.79. The molecule has 2 rings (SSSR count). The lowest BCUT2D eigenvalue weighted by Crippen LogP contribution is -2.43. The Morgan fingerprint density at radius 1 is 1.39 bits per heavy atom. The van der Waals surface area contributed by atoms with E-state index >= 15 is 0 Å². The molecule has 23 heavy (non-hydrogen) atoms. The van der Waals surface area contributed by atoms with Crippen LogP contribution in [0.25, 0.3) is 0 Å². The van der Waals surface area contributed by atoms with E-state index in [1.807, 2.05) is 26.8 Å². The number of hydrogen-bond acceptors (Lipinski definition) is 5. The van der Waals surface area contributed by atoms with Gasteiger partial charge in [-0.15, -0.1) is 0 Å². The monoisotopic (exact) mass is 319 g/mol. The lowest BCUT2D eigenvalue weighted by molar-refractivity contribution is 0.0514. The van der Waals surface area contributed by atoms with Crippen LogP contribution in [0.15, 0.2) is 24.4 Å². The Balaban J connectivity index is 1.83. The predicted molar refractivity (Wildman–Crippen MR) is 87.4 cm³/mol. The molecule has 1 aliphatic heterocycles. The molecule has 1 aliphatic rings. The van der Waals surface area contributed by atoms with Crippen LogP contribution in [0.2, 0.25) is 0 Å². The number of nitrogens with one attached hydrogen (secondary N) is 1. The number of ether oxygens (including phenoxy) is 1. The predicted octanol–water partition coefficient (Wildman–Crippen LogP) is 2.25. The third-order valence-corrected chi connectivity index (χ3v) is 3.68. The number of alkyl carbamates (subject to hydrolysis) is 1. The van der Waals surface area contributed by atoms with Crippen molar-refractivity contribution in [3.63, 3.8) is 0 Å². The van der Waals surface area contributed by atoms with Gasteiger partial charge in [0.1, 0.15) is 11.3 Å². The van der Waals surface area contributed by atoms with Crippen LogP contribution in [0.4, 0.5) is 4.79 Å². The summed E-state index contributed by atoms with van der Waals surface area (Å²) in [5.41, 5.74) is -0.0211. The second kappa shape index (κ2) is 7.55. The van der Waals surface area contributed by atoms with Gasteiger partial charge in [0.15, 0.2) is 5.78 Å². The van der Waals surface area contributed by atoms with Crippen molar-refractivity contribution < 1.29 is 14.3 Å². The standard InChI is InChI=1S/C17H25N3O3/c1-17(2,3)23-16(22)19-11-13-7-6-10-20(13)12-15(21)14-8-4-5-9-18-14/h4-5,8-9,13H,6-7,10-12H2,1-3H3,(H,19,22)/t13-/m1/s1. The van der Waals surface area contributed by atoms with Crippen molar-refractivity contribution in [3.05, 3.63) is 30.1 Å². The Bertz CT molecular complexity index is 540. The number of Topliss-reactive ketones (excluding diaryl/α,β-unsaturated/α-hetero) is 1. The van der Waals surface area contributed by atoms with E-state index in [1.165, 1.54) is 0 Å². The van der Waals surface area contributed by atoms with Crippen molar-refractivity contribution in [2.75, 3.05) is 19.6 Å². The van der Waals surface area contributed by atoms with Gasteiger partial charge in [0.2, 0.25) is 0 Å². The van der Waals surface area contributed by atoms with Crippen molar-refractivity contribution in [1.29, 1.82) is 0 Å². The van der Waals surface area contributed by atoms with Crippen LogP contribution >= 0.6 is 0 Å². The fourth-order valence-corrected chi connectivity index (χ4v) is 2.64. The van der Waals surface area contributed by atoms with E-state index in [1.54, 1.807) is 18.3 Å². The van der Waals surface area contributed by atoms with Crippen LogP contribution in [-0.4, -0.2) is 53.0 Å². The smallest absolute Gasteiger partial charge is 0.407 e. The zero-order valence-corrected chi connectivity index (χ0v) is 14.0. The number of likely N-dealkylation sites (tertiary alicyclic amines) is 1. The lowest BCUT2D eigenvalue weighted by Gasteiger charge is -2.25. The van der Waals surface area contributed by atoms with E-state index in [0.29, 0.717) is 18.8 Å². The van der Waals surface area contributed by atoms with E-state index in [0.717, 1.165) is 19.4 Å². The molecule has 1 amide bonds. The maximum Gasteiger partial charge on any atom is 0.407 e. The van der Waals surface area contributed by atoms with Crippen LogP contribution in [0, 0.1) is 0 Å². The molecule has 2 heterocycles. The van der Waals surface area contributed by atoms with E-state index in [2.05, 4.69) is 15.2 Å². The zero-order valence-electron chi connectivity index (χ0n) is 14.0. The number of pyridine rings is 1. The van der Waals surface area contributed by atoms with Gasteiger partial charge in [-0.2, -0.15) is 0 Å². The molecular weight excluding hydrogens is 294 g/mol. The SMILES string of the molecule is CC(C)(C)OC(=O)NC[C@H]1CCCN1CC(=O)c1ccccn1. The maximum absolute atomic E-state index is 12.3. The van der Waals surface area contributed by atoms with Crippen molar-refractivity contribution in [2.45, 2.75) is 45.3 Å².